The third-order valence-electron chi connectivity index (χ3n) is 5.65. The van der Waals surface area contributed by atoms with E-state index in [2.05, 4.69) is 31.2 Å². The van der Waals surface area contributed by atoms with Crippen molar-refractivity contribution in [2.24, 2.45) is 0 Å². The zero-order valence-electron chi connectivity index (χ0n) is 17.0. The Morgan fingerprint density at radius 3 is 2.40 bits per heavy atom. The van der Waals surface area contributed by atoms with Crippen molar-refractivity contribution < 1.29 is 25.2 Å². The molecule has 3 aromatic rings. The van der Waals surface area contributed by atoms with Crippen molar-refractivity contribution in [1.82, 2.24) is 4.57 Å². The van der Waals surface area contributed by atoms with Gasteiger partial charge in [-0.15, -0.1) is 0 Å². The highest BCUT2D eigenvalue weighted by Crippen LogP contribution is 2.39. The second-order valence-electron chi connectivity index (χ2n) is 7.74. The second-order valence-corrected chi connectivity index (χ2v) is 8.86. The molecule has 2 heterocycles. The molecule has 0 radical (unpaired) electrons. The van der Waals surface area contributed by atoms with Gasteiger partial charge in [-0.2, -0.15) is 0 Å². The number of hydrogen-bond acceptors (Lipinski definition) is 6. The first kappa shape index (κ1) is 21.4. The van der Waals surface area contributed by atoms with Gasteiger partial charge in [0.1, 0.15) is 24.4 Å². The predicted octanol–water partition coefficient (Wildman–Crippen LogP) is 2.64. The Morgan fingerprint density at radius 1 is 1.00 bits per heavy atom. The summed E-state index contributed by atoms with van der Waals surface area (Å²) < 4.78 is 7.59. The van der Waals surface area contributed by atoms with Gasteiger partial charge >= 0.3 is 0 Å². The van der Waals surface area contributed by atoms with Crippen LogP contribution in [0.3, 0.4) is 0 Å². The van der Waals surface area contributed by atoms with Gasteiger partial charge in [0, 0.05) is 21.4 Å². The van der Waals surface area contributed by atoms with Crippen LogP contribution in [-0.2, 0) is 11.2 Å². The first-order valence-corrected chi connectivity index (χ1v) is 10.9. The lowest BCUT2D eigenvalue weighted by Gasteiger charge is -2.40. The van der Waals surface area contributed by atoms with Gasteiger partial charge in [0.2, 0.25) is 0 Å². The molecule has 1 saturated heterocycles. The van der Waals surface area contributed by atoms with Crippen molar-refractivity contribution in [3.05, 3.63) is 59.8 Å². The average molecular weight is 430 g/mol. The largest absolute Gasteiger partial charge is 0.394 e. The quantitative estimate of drug-likeness (QED) is 0.498. The molecular weight excluding hydrogens is 402 g/mol. The molecule has 1 aliphatic heterocycles. The van der Waals surface area contributed by atoms with Crippen molar-refractivity contribution >= 4 is 22.7 Å². The minimum absolute atomic E-state index is 0.453. The van der Waals surface area contributed by atoms with Crippen molar-refractivity contribution in [3.63, 3.8) is 0 Å². The van der Waals surface area contributed by atoms with E-state index in [1.54, 1.807) is 16.3 Å². The number of aryl methyl sites for hydroxylation is 2. The first-order chi connectivity index (χ1) is 14.4. The van der Waals surface area contributed by atoms with Crippen LogP contribution in [0.25, 0.3) is 10.9 Å². The number of aliphatic hydroxyl groups excluding tert-OH is 4. The number of fused-ring (bicyclic) bond motifs is 1. The minimum atomic E-state index is -1.42. The van der Waals surface area contributed by atoms with Crippen molar-refractivity contribution in [3.8, 4) is 0 Å². The maximum Gasteiger partial charge on any atom is 0.163 e. The monoisotopic (exact) mass is 429 g/mol. The van der Waals surface area contributed by atoms with E-state index in [0.29, 0.717) is 0 Å². The van der Waals surface area contributed by atoms with Crippen LogP contribution >= 0.6 is 11.8 Å². The van der Waals surface area contributed by atoms with Crippen LogP contribution in [0.2, 0.25) is 0 Å². The molecule has 4 rings (SSSR count). The van der Waals surface area contributed by atoms with Gasteiger partial charge in [-0.05, 0) is 42.7 Å². The zero-order valence-corrected chi connectivity index (χ0v) is 17.8. The fourth-order valence-corrected chi connectivity index (χ4v) is 4.83. The lowest BCUT2D eigenvalue weighted by Crippen LogP contribution is -2.56. The second kappa shape index (κ2) is 8.70. The highest BCUT2D eigenvalue weighted by Gasteiger charge is 2.44. The first-order valence-electron chi connectivity index (χ1n) is 10.1. The van der Waals surface area contributed by atoms with Crippen LogP contribution in [0, 0.1) is 6.92 Å². The molecule has 1 aromatic heterocycles. The standard InChI is InChI=1S/C23H27NO5S/c1-3-14-5-7-15(8-6-14)30-19-11-24(17-10-13(2)4-9-16(17)19)23-22(28)21(27)20(26)18(12-25)29-23/h4-11,18,20-23,25-28H,3,12H2,1-2H3/t18-,20-,21+,22-,23-/m1/s1. The van der Waals surface area contributed by atoms with Gasteiger partial charge in [-0.25, -0.2) is 0 Å². The van der Waals surface area contributed by atoms with Crippen LogP contribution in [0.15, 0.2) is 58.5 Å². The summed E-state index contributed by atoms with van der Waals surface area (Å²) in [6, 6.07) is 14.5. The fourth-order valence-electron chi connectivity index (χ4n) is 3.85. The SMILES string of the molecule is CCc1ccc(Sc2cn([C@@H]3O[C@H](CO)[C@@H](O)[C@H](O)[C@H]3O)c3cc(C)ccc23)cc1. The molecule has 5 atom stereocenters. The summed E-state index contributed by atoms with van der Waals surface area (Å²) in [5, 5.41) is 41.5. The maximum absolute atomic E-state index is 10.6. The maximum atomic E-state index is 10.6. The van der Waals surface area contributed by atoms with Crippen LogP contribution in [0.4, 0.5) is 0 Å². The molecule has 0 unspecified atom stereocenters. The third kappa shape index (κ3) is 3.89. The number of ether oxygens (including phenoxy) is 1. The van der Waals surface area contributed by atoms with Crippen LogP contribution in [0.1, 0.15) is 24.3 Å². The number of aromatic nitrogens is 1. The van der Waals surface area contributed by atoms with Crippen LogP contribution in [-0.4, -0.2) is 56.0 Å². The molecule has 0 amide bonds. The predicted molar refractivity (Wildman–Crippen MR) is 116 cm³/mol. The van der Waals surface area contributed by atoms with Crippen LogP contribution in [0.5, 0.6) is 0 Å². The van der Waals surface area contributed by atoms with E-state index in [4.69, 9.17) is 4.74 Å². The van der Waals surface area contributed by atoms with Gasteiger partial charge in [-0.1, -0.05) is 43.0 Å². The van der Waals surface area contributed by atoms with E-state index in [1.165, 1.54) is 5.56 Å². The summed E-state index contributed by atoms with van der Waals surface area (Å²) in [4.78, 5) is 2.09. The Bertz CT molecular complexity index is 1020. The van der Waals surface area contributed by atoms with Gasteiger partial charge in [0.15, 0.2) is 6.23 Å². The van der Waals surface area contributed by atoms with Gasteiger partial charge < -0.3 is 29.7 Å². The molecule has 6 nitrogen and oxygen atoms in total. The van der Waals surface area contributed by atoms with Gasteiger partial charge in [0.25, 0.3) is 0 Å². The lowest BCUT2D eigenvalue weighted by molar-refractivity contribution is -0.250. The van der Waals surface area contributed by atoms with Crippen LogP contribution < -0.4 is 0 Å². The lowest BCUT2D eigenvalue weighted by atomic mass is 9.98. The molecule has 2 aromatic carbocycles. The van der Waals surface area contributed by atoms with E-state index < -0.39 is 37.3 Å². The zero-order chi connectivity index (χ0) is 21.4. The molecule has 0 bridgehead atoms. The normalized spacial score (nSPS) is 26.9. The van der Waals surface area contributed by atoms with E-state index in [9.17, 15) is 20.4 Å². The molecule has 0 saturated carbocycles. The van der Waals surface area contributed by atoms with E-state index in [1.807, 2.05) is 31.3 Å². The molecule has 7 heteroatoms. The smallest absolute Gasteiger partial charge is 0.163 e. The van der Waals surface area contributed by atoms with Crippen molar-refractivity contribution in [2.45, 2.75) is 60.7 Å². The van der Waals surface area contributed by atoms with Gasteiger partial charge in [0.05, 0.1) is 12.1 Å². The Balaban J connectivity index is 1.75. The van der Waals surface area contributed by atoms with E-state index in [0.717, 1.165) is 32.7 Å². The molecule has 1 fully saturated rings. The summed E-state index contributed by atoms with van der Waals surface area (Å²) in [7, 11) is 0. The van der Waals surface area contributed by atoms with E-state index in [-0.39, 0.29) is 0 Å². The summed E-state index contributed by atoms with van der Waals surface area (Å²) >= 11 is 1.62. The molecule has 30 heavy (non-hydrogen) atoms. The number of aliphatic hydroxyl groups is 4. The Labute approximate surface area is 179 Å². The molecule has 160 valence electrons. The number of rotatable bonds is 5. The van der Waals surface area contributed by atoms with Gasteiger partial charge in [-0.3, -0.25) is 0 Å². The molecular formula is C23H27NO5S. The third-order valence-corrected chi connectivity index (χ3v) is 6.71. The highest BCUT2D eigenvalue weighted by atomic mass is 32.2. The topological polar surface area (TPSA) is 95.1 Å². The van der Waals surface area contributed by atoms with Crippen molar-refractivity contribution in [2.75, 3.05) is 6.61 Å². The minimum Gasteiger partial charge on any atom is -0.394 e. The number of hydrogen-bond donors (Lipinski definition) is 4. The Morgan fingerprint density at radius 2 is 1.73 bits per heavy atom. The molecule has 0 aliphatic carbocycles. The Hall–Kier alpha value is -1.87. The summed E-state index contributed by atoms with van der Waals surface area (Å²) in [6.45, 7) is 3.66. The summed E-state index contributed by atoms with van der Waals surface area (Å²) in [6.07, 6.45) is -3.12. The number of benzene rings is 2. The van der Waals surface area contributed by atoms with E-state index >= 15 is 0 Å². The highest BCUT2D eigenvalue weighted by molar-refractivity contribution is 7.99. The summed E-state index contributed by atoms with van der Waals surface area (Å²) in [5.41, 5.74) is 3.18. The molecule has 1 aliphatic rings. The molecule has 0 spiro atoms. The van der Waals surface area contributed by atoms with Crippen molar-refractivity contribution in [1.29, 1.82) is 0 Å². The molecule has 4 N–H and O–H groups in total. The number of nitrogens with zero attached hydrogens (tertiary/aromatic N) is 1. The fraction of sp³-hybridized carbons (Fsp3) is 0.391. The average Bonchev–Trinajstić information content (AvgIpc) is 3.10. The Kier molecular flexibility index (Phi) is 6.20. The summed E-state index contributed by atoms with van der Waals surface area (Å²) in [5.74, 6) is 0.